The lowest BCUT2D eigenvalue weighted by molar-refractivity contribution is -1.07. The van der Waals surface area contributed by atoms with Crippen LogP contribution in [0.5, 0.6) is 5.75 Å². The molecule has 0 fully saturated rings. The first-order valence-electron chi connectivity index (χ1n) is 17.7. The highest BCUT2D eigenvalue weighted by Crippen LogP contribution is 2.28. The second kappa shape index (κ2) is 24.5. The fraction of sp³-hybridized carbons (Fsp3) is 0.667. The summed E-state index contributed by atoms with van der Waals surface area (Å²) in [7, 11) is 4.36. The van der Waals surface area contributed by atoms with Crippen molar-refractivity contribution in [3.63, 3.8) is 0 Å². The van der Waals surface area contributed by atoms with Gasteiger partial charge in [0.05, 0.1) is 5.56 Å². The number of carbonyl (C=O) groups is 1. The van der Waals surface area contributed by atoms with Crippen LogP contribution in [0.3, 0.4) is 0 Å². The lowest BCUT2D eigenvalue weighted by Gasteiger charge is -2.36. The highest BCUT2D eigenvalue weighted by atomic mass is 35.5. The molecule has 4 heteroatoms. The molecule has 0 aliphatic rings. The smallest absolute Gasteiger partial charge is 0.201 e. The van der Waals surface area contributed by atoms with E-state index in [1.807, 2.05) is 54.6 Å². The molecule has 1 unspecified atom stereocenters. The van der Waals surface area contributed by atoms with Gasteiger partial charge in [-0.3, -0.25) is 4.79 Å². The van der Waals surface area contributed by atoms with Gasteiger partial charge in [0.25, 0.3) is 0 Å². The normalized spacial score (nSPS) is 12.1. The van der Waals surface area contributed by atoms with E-state index < -0.39 is 0 Å². The number of hydroxylamine groups is 3. The quantitative estimate of drug-likeness (QED) is 0.0458. The van der Waals surface area contributed by atoms with E-state index in [-0.39, 0.29) is 18.2 Å². The molecular formula is C39H64ClNO2. The Morgan fingerprint density at radius 3 is 1.47 bits per heavy atom. The van der Waals surface area contributed by atoms with Crippen molar-refractivity contribution in [2.45, 2.75) is 155 Å². The number of ketones is 1. The van der Waals surface area contributed by atoms with Gasteiger partial charge >= 0.3 is 0 Å². The number of nitrogens with zero attached hydrogens (tertiary/aromatic N) is 1. The van der Waals surface area contributed by atoms with Gasteiger partial charge in [-0.1, -0.05) is 165 Å². The summed E-state index contributed by atoms with van der Waals surface area (Å²) < 4.78 is 0.462. The molecule has 0 heterocycles. The second-order valence-electron chi connectivity index (χ2n) is 13.0. The zero-order valence-electron chi connectivity index (χ0n) is 28.3. The Morgan fingerprint density at radius 2 is 0.977 bits per heavy atom. The molecule has 244 valence electrons. The molecule has 3 nitrogen and oxygen atoms in total. The monoisotopic (exact) mass is 613 g/mol. The molecule has 0 radical (unpaired) electrons. The number of carbonyl (C=O) groups excluding carboxylic acids is 1. The number of unbranched alkanes of at least 4 members (excludes halogenated alkanes) is 17. The van der Waals surface area contributed by atoms with Gasteiger partial charge in [-0.15, -0.1) is 4.65 Å². The van der Waals surface area contributed by atoms with E-state index in [0.29, 0.717) is 27.6 Å². The first-order chi connectivity index (χ1) is 20.5. The first kappa shape index (κ1) is 39.2. The Bertz CT molecular complexity index is 945. The summed E-state index contributed by atoms with van der Waals surface area (Å²) in [6.07, 6.45) is 28.3. The van der Waals surface area contributed by atoms with Crippen molar-refractivity contribution >= 4 is 5.78 Å². The molecule has 0 saturated carbocycles. The number of hydrogen-bond acceptors (Lipinski definition) is 2. The maximum absolute atomic E-state index is 13.3. The average Bonchev–Trinajstić information content (AvgIpc) is 3.00. The van der Waals surface area contributed by atoms with Crippen LogP contribution in [0.25, 0.3) is 0 Å². The molecule has 0 bridgehead atoms. The number of halogens is 1. The Hall–Kier alpha value is -1.84. The fourth-order valence-electron chi connectivity index (χ4n) is 6.13. The molecule has 0 aliphatic heterocycles. The third-order valence-corrected chi connectivity index (χ3v) is 8.91. The maximum Gasteiger partial charge on any atom is 0.201 e. The topological polar surface area (TPSA) is 26.3 Å². The highest BCUT2D eigenvalue weighted by Gasteiger charge is 2.32. The van der Waals surface area contributed by atoms with Gasteiger partial charge < -0.3 is 17.2 Å². The van der Waals surface area contributed by atoms with Crippen LogP contribution in [0.2, 0.25) is 0 Å². The van der Waals surface area contributed by atoms with Crippen LogP contribution in [-0.4, -0.2) is 30.6 Å². The molecule has 2 aromatic rings. The molecule has 0 spiro atoms. The van der Waals surface area contributed by atoms with Crippen molar-refractivity contribution in [2.75, 3.05) is 14.1 Å². The summed E-state index contributed by atoms with van der Waals surface area (Å²) in [5.74, 6) is 0.708. The molecule has 43 heavy (non-hydrogen) atoms. The average molecular weight is 614 g/mol. The molecule has 2 aromatic carbocycles. The van der Waals surface area contributed by atoms with E-state index in [2.05, 4.69) is 27.9 Å². The Morgan fingerprint density at radius 1 is 0.581 bits per heavy atom. The Labute approximate surface area is 272 Å². The minimum Gasteiger partial charge on any atom is -1.00 e. The molecule has 0 saturated heterocycles. The van der Waals surface area contributed by atoms with Crippen molar-refractivity contribution in [1.29, 1.82) is 0 Å². The van der Waals surface area contributed by atoms with E-state index in [1.165, 1.54) is 135 Å². The van der Waals surface area contributed by atoms with Gasteiger partial charge in [-0.2, -0.15) is 0 Å². The van der Waals surface area contributed by atoms with Gasteiger partial charge in [0, 0.05) is 18.4 Å². The van der Waals surface area contributed by atoms with Gasteiger partial charge in [0.1, 0.15) is 20.1 Å². The number of para-hydroxylation sites is 1. The molecule has 0 N–H and O–H groups in total. The molecule has 0 aromatic heterocycles. The van der Waals surface area contributed by atoms with Crippen LogP contribution in [0.4, 0.5) is 0 Å². The lowest BCUT2D eigenvalue weighted by Crippen LogP contribution is -3.00. The van der Waals surface area contributed by atoms with E-state index in [1.54, 1.807) is 0 Å². The molecule has 0 amide bonds. The lowest BCUT2D eigenvalue weighted by atomic mass is 9.99. The van der Waals surface area contributed by atoms with Crippen molar-refractivity contribution in [2.24, 2.45) is 0 Å². The first-order valence-corrected chi connectivity index (χ1v) is 17.7. The van der Waals surface area contributed by atoms with Crippen molar-refractivity contribution in [1.82, 2.24) is 0 Å². The predicted octanol–water partition coefficient (Wildman–Crippen LogP) is 8.89. The standard InChI is InChI=1S/C39H64NO2.ClH/c1-5-7-9-11-12-13-14-15-16-17-18-19-20-21-26-32-36(31-25-10-8-6-2)40(3,4)42-38-34-28-27-33-37(38)39(41)35-29-23-22-24-30-35;/h22-24,27-30,33-34,36H,5-21,25-26,31-32H2,1-4H3;1H/q+1;/p-1. The van der Waals surface area contributed by atoms with Crippen molar-refractivity contribution in [3.05, 3.63) is 65.7 Å². The van der Waals surface area contributed by atoms with Crippen LogP contribution in [-0.2, 0) is 0 Å². The SMILES string of the molecule is CCCCCCCCCCCCCCCCCC(CCCCCC)[N+](C)(C)Oc1ccccc1C(=O)c1ccccc1.[Cl-]. The van der Waals surface area contributed by atoms with Gasteiger partial charge in [-0.25, -0.2) is 0 Å². The highest BCUT2D eigenvalue weighted by molar-refractivity contribution is 6.10. The summed E-state index contributed by atoms with van der Waals surface area (Å²) in [6.45, 7) is 4.57. The maximum atomic E-state index is 13.3. The Kier molecular flexibility index (Phi) is 22.3. The van der Waals surface area contributed by atoms with E-state index in [4.69, 9.17) is 4.84 Å². The minimum absolute atomic E-state index is 0. The predicted molar refractivity (Wildman–Crippen MR) is 181 cm³/mol. The van der Waals surface area contributed by atoms with Crippen LogP contribution < -0.4 is 17.2 Å². The molecule has 1 atom stereocenters. The second-order valence-corrected chi connectivity index (χ2v) is 13.0. The van der Waals surface area contributed by atoms with Crippen molar-refractivity contribution < 1.29 is 26.7 Å². The van der Waals surface area contributed by atoms with Crippen LogP contribution in [0.15, 0.2) is 54.6 Å². The van der Waals surface area contributed by atoms with Crippen molar-refractivity contribution in [3.8, 4) is 5.75 Å². The summed E-state index contributed by atoms with van der Waals surface area (Å²) in [6, 6.07) is 17.7. The van der Waals surface area contributed by atoms with Crippen LogP contribution >= 0.6 is 0 Å². The van der Waals surface area contributed by atoms with Gasteiger partial charge in [0.15, 0.2) is 5.78 Å². The summed E-state index contributed by atoms with van der Waals surface area (Å²) in [4.78, 5) is 20.0. The van der Waals surface area contributed by atoms with Crippen LogP contribution in [0.1, 0.15) is 165 Å². The third kappa shape index (κ3) is 16.7. The number of hydrogen-bond donors (Lipinski definition) is 0. The zero-order valence-corrected chi connectivity index (χ0v) is 29.0. The number of quaternary nitrogens is 1. The van der Waals surface area contributed by atoms with E-state index in [0.717, 1.165) is 0 Å². The summed E-state index contributed by atoms with van der Waals surface area (Å²) in [5.41, 5.74) is 1.35. The van der Waals surface area contributed by atoms with Gasteiger partial charge in [-0.05, 0) is 25.0 Å². The Balaban J connectivity index is 0.00000924. The third-order valence-electron chi connectivity index (χ3n) is 8.91. The molecule has 0 aliphatic carbocycles. The summed E-state index contributed by atoms with van der Waals surface area (Å²) >= 11 is 0. The van der Waals surface area contributed by atoms with Gasteiger partial charge in [0.2, 0.25) is 5.75 Å². The fourth-order valence-corrected chi connectivity index (χ4v) is 6.13. The minimum atomic E-state index is 0. The molecular weight excluding hydrogens is 550 g/mol. The number of benzene rings is 2. The summed E-state index contributed by atoms with van der Waals surface area (Å²) in [5, 5.41) is 0. The van der Waals surface area contributed by atoms with E-state index >= 15 is 0 Å². The van der Waals surface area contributed by atoms with Crippen LogP contribution in [0, 0.1) is 0 Å². The number of rotatable bonds is 26. The largest absolute Gasteiger partial charge is 1.00 e. The van der Waals surface area contributed by atoms with E-state index in [9.17, 15) is 4.79 Å². The molecule has 2 rings (SSSR count). The zero-order chi connectivity index (χ0) is 30.3.